The van der Waals surface area contributed by atoms with Gasteiger partial charge in [0.25, 0.3) is 0 Å². The van der Waals surface area contributed by atoms with Crippen molar-refractivity contribution in [3.63, 3.8) is 0 Å². The molecule has 0 unspecified atom stereocenters. The fourth-order valence-corrected chi connectivity index (χ4v) is 4.09. The van der Waals surface area contributed by atoms with E-state index >= 15 is 0 Å². The number of benzene rings is 1. The molecule has 1 amide bonds. The molecule has 0 aliphatic carbocycles. The summed E-state index contributed by atoms with van der Waals surface area (Å²) in [5, 5.41) is 11.9. The van der Waals surface area contributed by atoms with E-state index in [1.54, 1.807) is 11.3 Å². The first kappa shape index (κ1) is 15.9. The average Bonchev–Trinajstić information content (AvgIpc) is 3.34. The van der Waals surface area contributed by atoms with Gasteiger partial charge in [-0.05, 0) is 23.6 Å². The topological polar surface area (TPSA) is 73.3 Å². The van der Waals surface area contributed by atoms with E-state index in [2.05, 4.69) is 15.2 Å². The second-order valence-electron chi connectivity index (χ2n) is 5.43. The summed E-state index contributed by atoms with van der Waals surface area (Å²) in [6.07, 6.45) is 0.619. The molecule has 0 saturated carbocycles. The van der Waals surface area contributed by atoms with E-state index in [4.69, 9.17) is 4.42 Å². The molecule has 4 rings (SSSR count). The molecule has 0 spiro atoms. The van der Waals surface area contributed by atoms with E-state index in [-0.39, 0.29) is 12.3 Å². The van der Waals surface area contributed by atoms with Crippen molar-refractivity contribution in [2.45, 2.75) is 12.8 Å². The number of hydrogen-bond donors (Lipinski definition) is 0. The van der Waals surface area contributed by atoms with Crippen molar-refractivity contribution in [2.24, 2.45) is 12.0 Å². The number of rotatable bonds is 4. The number of nitrogens with zero attached hydrogens (tertiary/aromatic N) is 4. The first-order chi connectivity index (χ1) is 12.2. The van der Waals surface area contributed by atoms with Gasteiger partial charge in [-0.3, -0.25) is 4.79 Å². The monoisotopic (exact) mass is 370 g/mol. The second-order valence-corrected chi connectivity index (χ2v) is 7.22. The quantitative estimate of drug-likeness (QED) is 0.552. The minimum absolute atomic E-state index is 0.197. The first-order valence-electron chi connectivity index (χ1n) is 7.68. The van der Waals surface area contributed by atoms with Crippen LogP contribution in [0, 0.1) is 0 Å². The molecular formula is C17H14N4O2S2. The van der Waals surface area contributed by atoms with Crippen LogP contribution in [0.15, 0.2) is 50.5 Å². The summed E-state index contributed by atoms with van der Waals surface area (Å²) >= 11 is 3.07. The molecule has 126 valence electrons. The normalized spacial score (nSPS) is 12.1. The lowest BCUT2D eigenvalue weighted by molar-refractivity contribution is -0.118. The molecule has 1 aromatic carbocycles. The summed E-state index contributed by atoms with van der Waals surface area (Å²) < 4.78 is 8.62. The Morgan fingerprint density at radius 3 is 2.96 bits per heavy atom. The highest BCUT2D eigenvalue weighted by Crippen LogP contribution is 2.21. The number of thiazole rings is 1. The van der Waals surface area contributed by atoms with Crippen LogP contribution < -0.4 is 4.80 Å². The molecular weight excluding hydrogens is 356 g/mol. The van der Waals surface area contributed by atoms with Gasteiger partial charge in [0.15, 0.2) is 4.80 Å². The molecule has 8 heteroatoms. The van der Waals surface area contributed by atoms with Crippen LogP contribution in [-0.2, 0) is 18.3 Å². The summed E-state index contributed by atoms with van der Waals surface area (Å²) in [7, 11) is 1.91. The standard InChI is InChI=1S/C17H14N4O2S2/c1-21-12-4-2-3-5-13(12)25-17(21)18-14(22)6-7-15-19-20-16(23-15)11-8-9-24-10-11/h2-5,8-10H,6-7H2,1H3. The lowest BCUT2D eigenvalue weighted by Gasteiger charge is -1.94. The van der Waals surface area contributed by atoms with Crippen molar-refractivity contribution in [2.75, 3.05) is 0 Å². The predicted octanol–water partition coefficient (Wildman–Crippen LogP) is 3.41. The number of thiophene rings is 1. The number of para-hydroxylation sites is 1. The van der Waals surface area contributed by atoms with E-state index in [0.29, 0.717) is 23.0 Å². The molecule has 3 aromatic heterocycles. The number of amides is 1. The maximum Gasteiger partial charge on any atom is 0.248 e. The molecule has 0 radical (unpaired) electrons. The van der Waals surface area contributed by atoms with Gasteiger partial charge < -0.3 is 8.98 Å². The van der Waals surface area contributed by atoms with Gasteiger partial charge >= 0.3 is 0 Å². The smallest absolute Gasteiger partial charge is 0.248 e. The van der Waals surface area contributed by atoms with Crippen LogP contribution in [0.3, 0.4) is 0 Å². The van der Waals surface area contributed by atoms with E-state index < -0.39 is 0 Å². The van der Waals surface area contributed by atoms with Gasteiger partial charge in [0.05, 0.1) is 10.2 Å². The largest absolute Gasteiger partial charge is 0.421 e. The fraction of sp³-hybridized carbons (Fsp3) is 0.176. The lowest BCUT2D eigenvalue weighted by Crippen LogP contribution is -2.13. The summed E-state index contributed by atoms with van der Waals surface area (Å²) in [5.74, 6) is 0.736. The Labute approximate surface area is 151 Å². The van der Waals surface area contributed by atoms with Crippen molar-refractivity contribution >= 4 is 38.8 Å². The van der Waals surface area contributed by atoms with E-state index in [9.17, 15) is 4.79 Å². The molecule has 4 aromatic rings. The zero-order valence-corrected chi connectivity index (χ0v) is 15.0. The molecule has 0 aliphatic rings. The molecule has 0 atom stereocenters. The van der Waals surface area contributed by atoms with Gasteiger partial charge in [0.2, 0.25) is 17.7 Å². The third kappa shape index (κ3) is 3.31. The highest BCUT2D eigenvalue weighted by molar-refractivity contribution is 7.16. The van der Waals surface area contributed by atoms with Crippen molar-refractivity contribution in [1.82, 2.24) is 14.8 Å². The number of carbonyl (C=O) groups is 1. The Kier molecular flexibility index (Phi) is 4.29. The number of aryl methyl sites for hydroxylation is 2. The summed E-state index contributed by atoms with van der Waals surface area (Å²) in [6.45, 7) is 0. The van der Waals surface area contributed by atoms with Crippen molar-refractivity contribution < 1.29 is 9.21 Å². The Morgan fingerprint density at radius 1 is 1.28 bits per heavy atom. The van der Waals surface area contributed by atoms with Gasteiger partial charge in [-0.1, -0.05) is 23.5 Å². The molecule has 0 N–H and O–H groups in total. The van der Waals surface area contributed by atoms with Gasteiger partial charge in [0.1, 0.15) is 0 Å². The van der Waals surface area contributed by atoms with Crippen molar-refractivity contribution in [3.8, 4) is 11.5 Å². The molecule has 0 saturated heterocycles. The minimum atomic E-state index is -0.197. The lowest BCUT2D eigenvalue weighted by atomic mass is 10.3. The molecule has 0 aliphatic heterocycles. The van der Waals surface area contributed by atoms with Gasteiger partial charge in [-0.25, -0.2) is 0 Å². The molecule has 25 heavy (non-hydrogen) atoms. The van der Waals surface area contributed by atoms with Crippen LogP contribution >= 0.6 is 22.7 Å². The highest BCUT2D eigenvalue weighted by atomic mass is 32.1. The predicted molar refractivity (Wildman–Crippen MR) is 97.3 cm³/mol. The molecule has 6 nitrogen and oxygen atoms in total. The maximum absolute atomic E-state index is 12.2. The second kappa shape index (κ2) is 6.73. The van der Waals surface area contributed by atoms with Crippen LogP contribution in [-0.4, -0.2) is 20.7 Å². The third-order valence-corrected chi connectivity index (χ3v) is 5.52. The zero-order valence-electron chi connectivity index (χ0n) is 13.4. The minimum Gasteiger partial charge on any atom is -0.421 e. The van der Waals surface area contributed by atoms with Crippen LogP contribution in [0.2, 0.25) is 0 Å². The first-order valence-corrected chi connectivity index (χ1v) is 9.44. The van der Waals surface area contributed by atoms with Crippen LogP contribution in [0.1, 0.15) is 12.3 Å². The van der Waals surface area contributed by atoms with Crippen LogP contribution in [0.4, 0.5) is 0 Å². The summed E-state index contributed by atoms with van der Waals surface area (Å²) in [6, 6.07) is 9.91. The van der Waals surface area contributed by atoms with Crippen molar-refractivity contribution in [3.05, 3.63) is 51.8 Å². The van der Waals surface area contributed by atoms with Crippen molar-refractivity contribution in [1.29, 1.82) is 0 Å². The number of fused-ring (bicyclic) bond motifs is 1. The SMILES string of the molecule is Cn1c(=NC(=O)CCc2nnc(-c3ccsc3)o2)sc2ccccc21. The summed E-state index contributed by atoms with van der Waals surface area (Å²) in [4.78, 5) is 17.1. The van der Waals surface area contributed by atoms with Gasteiger partial charge in [-0.15, -0.1) is 10.2 Å². The van der Waals surface area contributed by atoms with E-state index in [1.807, 2.05) is 52.7 Å². The number of aromatic nitrogens is 3. The maximum atomic E-state index is 12.2. The average molecular weight is 370 g/mol. The van der Waals surface area contributed by atoms with E-state index in [1.165, 1.54) is 11.3 Å². The fourth-order valence-electron chi connectivity index (χ4n) is 2.42. The zero-order chi connectivity index (χ0) is 17.2. The molecule has 0 fully saturated rings. The van der Waals surface area contributed by atoms with Crippen LogP contribution in [0.25, 0.3) is 21.7 Å². The van der Waals surface area contributed by atoms with E-state index in [0.717, 1.165) is 15.8 Å². The third-order valence-electron chi connectivity index (χ3n) is 3.72. The highest BCUT2D eigenvalue weighted by Gasteiger charge is 2.11. The van der Waals surface area contributed by atoms with Crippen LogP contribution in [0.5, 0.6) is 0 Å². The molecule has 0 bridgehead atoms. The Morgan fingerprint density at radius 2 is 2.16 bits per heavy atom. The Bertz CT molecular complexity index is 1090. The Balaban J connectivity index is 1.48. The van der Waals surface area contributed by atoms with Gasteiger partial charge in [0, 0.05) is 30.8 Å². The Hall–Kier alpha value is -2.58. The molecule has 3 heterocycles. The summed E-state index contributed by atoms with van der Waals surface area (Å²) in [5.41, 5.74) is 1.97. The number of hydrogen-bond acceptors (Lipinski definition) is 6. The number of carbonyl (C=O) groups excluding carboxylic acids is 1. The van der Waals surface area contributed by atoms with Gasteiger partial charge in [-0.2, -0.15) is 16.3 Å².